The van der Waals surface area contributed by atoms with Crippen LogP contribution in [0.1, 0.15) is 53.4 Å². The molecule has 1 unspecified atom stereocenters. The maximum absolute atomic E-state index is 2.58. The standard InChI is InChI=1S/C14H29N2/c1-6-8-10-15-12-16(5,11-9-7-2)14(4)13(15)3/h6-12H2,1-5H3/q+1. The van der Waals surface area contributed by atoms with Crippen molar-refractivity contribution in [2.24, 2.45) is 0 Å². The van der Waals surface area contributed by atoms with Crippen LogP contribution in [0.25, 0.3) is 0 Å². The Hall–Kier alpha value is -0.500. The molecule has 0 radical (unpaired) electrons. The zero-order valence-corrected chi connectivity index (χ0v) is 11.8. The van der Waals surface area contributed by atoms with E-state index < -0.39 is 0 Å². The fraction of sp³-hybridized carbons (Fsp3) is 0.857. The molecule has 16 heavy (non-hydrogen) atoms. The lowest BCUT2D eigenvalue weighted by Crippen LogP contribution is -2.44. The van der Waals surface area contributed by atoms with E-state index in [-0.39, 0.29) is 0 Å². The van der Waals surface area contributed by atoms with Crippen molar-refractivity contribution in [2.45, 2.75) is 53.4 Å². The smallest absolute Gasteiger partial charge is 0.158 e. The molecule has 0 aromatic carbocycles. The molecule has 94 valence electrons. The van der Waals surface area contributed by atoms with Crippen molar-refractivity contribution < 1.29 is 4.48 Å². The largest absolute Gasteiger partial charge is 0.324 e. The number of hydrogen-bond donors (Lipinski definition) is 0. The number of unbranched alkanes of at least 4 members (excludes halogenated alkanes) is 2. The number of nitrogens with zero attached hydrogens (tertiary/aromatic N) is 2. The van der Waals surface area contributed by atoms with Crippen molar-refractivity contribution in [3.63, 3.8) is 0 Å². The van der Waals surface area contributed by atoms with E-state index in [1.54, 1.807) is 5.70 Å². The van der Waals surface area contributed by atoms with Crippen LogP contribution in [-0.4, -0.2) is 36.2 Å². The maximum atomic E-state index is 2.58. The van der Waals surface area contributed by atoms with Crippen LogP contribution in [0.2, 0.25) is 0 Å². The topological polar surface area (TPSA) is 3.24 Å². The minimum Gasteiger partial charge on any atom is -0.324 e. The molecule has 0 N–H and O–H groups in total. The van der Waals surface area contributed by atoms with Gasteiger partial charge in [0.25, 0.3) is 0 Å². The molecule has 1 heterocycles. The minimum absolute atomic E-state index is 1.14. The van der Waals surface area contributed by atoms with E-state index in [1.165, 1.54) is 51.1 Å². The lowest BCUT2D eigenvalue weighted by atomic mass is 10.2. The second-order valence-electron chi connectivity index (χ2n) is 5.40. The molecule has 1 aliphatic rings. The Kier molecular flexibility index (Phi) is 4.85. The summed E-state index contributed by atoms with van der Waals surface area (Å²) in [6, 6.07) is 0. The summed E-state index contributed by atoms with van der Waals surface area (Å²) in [7, 11) is 2.39. The van der Waals surface area contributed by atoms with Crippen molar-refractivity contribution in [2.75, 3.05) is 26.8 Å². The molecule has 1 atom stereocenters. The Labute approximate surface area is 102 Å². The summed E-state index contributed by atoms with van der Waals surface area (Å²) in [6.45, 7) is 12.9. The van der Waals surface area contributed by atoms with Crippen molar-refractivity contribution >= 4 is 0 Å². The summed E-state index contributed by atoms with van der Waals surface area (Å²) in [4.78, 5) is 2.58. The first kappa shape index (κ1) is 13.6. The molecule has 1 rings (SSSR count). The number of hydrogen-bond acceptors (Lipinski definition) is 1. The highest BCUT2D eigenvalue weighted by atomic mass is 15.5. The minimum atomic E-state index is 1.14. The van der Waals surface area contributed by atoms with Gasteiger partial charge in [0.15, 0.2) is 6.67 Å². The summed E-state index contributed by atoms with van der Waals surface area (Å²) in [6.07, 6.45) is 5.25. The molecule has 0 fully saturated rings. The molecular formula is C14H29N2+. The van der Waals surface area contributed by atoms with Gasteiger partial charge >= 0.3 is 0 Å². The first-order valence-corrected chi connectivity index (χ1v) is 6.82. The van der Waals surface area contributed by atoms with E-state index in [0.717, 1.165) is 4.48 Å². The highest BCUT2D eigenvalue weighted by molar-refractivity contribution is 5.06. The number of quaternary nitrogens is 1. The Bertz CT molecular complexity index is 257. The summed E-state index contributed by atoms with van der Waals surface area (Å²) in [5.41, 5.74) is 3.09. The summed E-state index contributed by atoms with van der Waals surface area (Å²) in [5.74, 6) is 0. The zero-order valence-electron chi connectivity index (χ0n) is 11.8. The highest BCUT2D eigenvalue weighted by Crippen LogP contribution is 2.29. The van der Waals surface area contributed by atoms with Crippen molar-refractivity contribution in [3.05, 3.63) is 11.4 Å². The van der Waals surface area contributed by atoms with E-state index >= 15 is 0 Å². The molecule has 0 saturated carbocycles. The van der Waals surface area contributed by atoms with Crippen molar-refractivity contribution in [3.8, 4) is 0 Å². The van der Waals surface area contributed by atoms with Crippen LogP contribution >= 0.6 is 0 Å². The maximum Gasteiger partial charge on any atom is 0.158 e. The van der Waals surface area contributed by atoms with Gasteiger partial charge in [-0.3, -0.25) is 4.48 Å². The predicted molar refractivity (Wildman–Crippen MR) is 70.8 cm³/mol. The van der Waals surface area contributed by atoms with Gasteiger partial charge in [-0.1, -0.05) is 26.7 Å². The van der Waals surface area contributed by atoms with Crippen LogP contribution in [0, 0.1) is 0 Å². The first-order chi connectivity index (χ1) is 7.55. The fourth-order valence-corrected chi connectivity index (χ4v) is 2.54. The molecule has 0 aromatic heterocycles. The molecule has 2 nitrogen and oxygen atoms in total. The molecule has 1 aliphatic heterocycles. The van der Waals surface area contributed by atoms with E-state index in [0.29, 0.717) is 0 Å². The summed E-state index contributed by atoms with van der Waals surface area (Å²) < 4.78 is 1.14. The third-order valence-corrected chi connectivity index (χ3v) is 4.08. The lowest BCUT2D eigenvalue weighted by molar-refractivity contribution is -0.874. The molecule has 0 aliphatic carbocycles. The van der Waals surface area contributed by atoms with Gasteiger partial charge in [-0.15, -0.1) is 0 Å². The van der Waals surface area contributed by atoms with Gasteiger partial charge in [-0.2, -0.15) is 0 Å². The Morgan fingerprint density at radius 3 is 2.31 bits per heavy atom. The third kappa shape index (κ3) is 2.79. The first-order valence-electron chi connectivity index (χ1n) is 6.82. The Morgan fingerprint density at radius 1 is 1.12 bits per heavy atom. The monoisotopic (exact) mass is 225 g/mol. The normalized spacial score (nSPS) is 25.7. The lowest BCUT2D eigenvalue weighted by Gasteiger charge is -2.31. The van der Waals surface area contributed by atoms with Gasteiger partial charge in [0, 0.05) is 13.5 Å². The molecular weight excluding hydrogens is 196 g/mol. The van der Waals surface area contributed by atoms with Crippen molar-refractivity contribution in [1.82, 2.24) is 4.90 Å². The second kappa shape index (κ2) is 5.72. The fourth-order valence-electron chi connectivity index (χ4n) is 2.54. The summed E-state index contributed by atoms with van der Waals surface area (Å²) >= 11 is 0. The third-order valence-electron chi connectivity index (χ3n) is 4.08. The average molecular weight is 225 g/mol. The molecule has 0 aromatic rings. The van der Waals surface area contributed by atoms with E-state index in [4.69, 9.17) is 0 Å². The van der Waals surface area contributed by atoms with Gasteiger partial charge in [-0.25, -0.2) is 0 Å². The van der Waals surface area contributed by atoms with E-state index in [2.05, 4.69) is 39.6 Å². The van der Waals surface area contributed by atoms with Gasteiger partial charge in [-0.05, 0) is 19.8 Å². The molecule has 0 bridgehead atoms. The van der Waals surface area contributed by atoms with Crippen LogP contribution < -0.4 is 0 Å². The van der Waals surface area contributed by atoms with Gasteiger partial charge in [0.1, 0.15) is 5.70 Å². The average Bonchev–Trinajstić information content (AvgIpc) is 2.49. The number of rotatable bonds is 6. The quantitative estimate of drug-likeness (QED) is 0.625. The summed E-state index contributed by atoms with van der Waals surface area (Å²) in [5, 5.41) is 0. The zero-order chi connectivity index (χ0) is 12.2. The van der Waals surface area contributed by atoms with Gasteiger partial charge < -0.3 is 4.90 Å². The van der Waals surface area contributed by atoms with Crippen LogP contribution in [0.5, 0.6) is 0 Å². The van der Waals surface area contributed by atoms with Gasteiger partial charge in [0.2, 0.25) is 0 Å². The van der Waals surface area contributed by atoms with Gasteiger partial charge in [0.05, 0.1) is 19.3 Å². The second-order valence-corrected chi connectivity index (χ2v) is 5.40. The Morgan fingerprint density at radius 2 is 1.75 bits per heavy atom. The molecule has 0 spiro atoms. The van der Waals surface area contributed by atoms with Crippen LogP contribution in [0.3, 0.4) is 0 Å². The highest BCUT2D eigenvalue weighted by Gasteiger charge is 2.35. The SMILES string of the molecule is CCCCN1C[N+](C)(CCCC)C(C)=C1C. The van der Waals surface area contributed by atoms with E-state index in [9.17, 15) is 0 Å². The molecule has 0 saturated heterocycles. The molecule has 0 amide bonds. The molecule has 2 heteroatoms. The predicted octanol–water partition coefficient (Wildman–Crippen LogP) is 3.56. The Balaban J connectivity index is 2.64. The van der Waals surface area contributed by atoms with Crippen molar-refractivity contribution in [1.29, 1.82) is 0 Å². The van der Waals surface area contributed by atoms with Crippen LogP contribution in [0.15, 0.2) is 11.4 Å². The van der Waals surface area contributed by atoms with Crippen LogP contribution in [-0.2, 0) is 0 Å². The van der Waals surface area contributed by atoms with Crippen LogP contribution in [0.4, 0.5) is 0 Å². The van der Waals surface area contributed by atoms with E-state index in [1.807, 2.05) is 0 Å². The number of allylic oxidation sites excluding steroid dienone is 2.